The van der Waals surface area contributed by atoms with Gasteiger partial charge in [-0.05, 0) is 13.8 Å². The zero-order valence-corrected chi connectivity index (χ0v) is 13.5. The molecule has 23 heavy (non-hydrogen) atoms. The molecule has 2 aromatic rings. The number of nitrogens with one attached hydrogen (secondary N) is 2. The predicted octanol–water partition coefficient (Wildman–Crippen LogP) is 2.22. The third-order valence-corrected chi connectivity index (χ3v) is 3.44. The van der Waals surface area contributed by atoms with Crippen molar-refractivity contribution in [2.45, 2.75) is 20.0 Å². The van der Waals surface area contributed by atoms with Gasteiger partial charge in [0.2, 0.25) is 0 Å². The van der Waals surface area contributed by atoms with Gasteiger partial charge in [0, 0.05) is 18.0 Å². The van der Waals surface area contributed by atoms with Crippen LogP contribution in [-0.2, 0) is 9.53 Å². The van der Waals surface area contributed by atoms with Gasteiger partial charge in [-0.15, -0.1) is 17.9 Å². The molecule has 0 saturated heterocycles. The molecule has 122 valence electrons. The quantitative estimate of drug-likeness (QED) is 0.590. The lowest BCUT2D eigenvalue weighted by Crippen LogP contribution is -2.30. The van der Waals surface area contributed by atoms with Crippen molar-refractivity contribution in [2.24, 2.45) is 0 Å². The SMILES string of the molecule is C=CCNc1nc(C(=O)O[C@H](C)C(=O)Nc2cc(C)on2)cs1. The van der Waals surface area contributed by atoms with Gasteiger partial charge < -0.3 is 19.9 Å². The molecule has 0 aliphatic heterocycles. The highest BCUT2D eigenvalue weighted by Gasteiger charge is 2.21. The van der Waals surface area contributed by atoms with Crippen molar-refractivity contribution in [1.82, 2.24) is 10.1 Å². The first-order valence-electron chi connectivity index (χ1n) is 6.75. The summed E-state index contributed by atoms with van der Waals surface area (Å²) in [7, 11) is 0. The van der Waals surface area contributed by atoms with Crippen molar-refractivity contribution in [3.8, 4) is 0 Å². The largest absolute Gasteiger partial charge is 0.448 e. The second kappa shape index (κ2) is 7.54. The predicted molar refractivity (Wildman–Crippen MR) is 85.5 cm³/mol. The van der Waals surface area contributed by atoms with Gasteiger partial charge in [-0.25, -0.2) is 9.78 Å². The van der Waals surface area contributed by atoms with Gasteiger partial charge in [0.15, 0.2) is 22.7 Å². The standard InChI is InChI=1S/C14H16N4O4S/c1-4-5-15-14-16-10(7-23-14)13(20)21-9(3)12(19)17-11-6-8(2)22-18-11/h4,6-7,9H,1,5H2,2-3H3,(H,15,16)(H,17,18,19)/t9-/m1/s1. The van der Waals surface area contributed by atoms with E-state index in [9.17, 15) is 9.59 Å². The van der Waals surface area contributed by atoms with Crippen molar-refractivity contribution >= 4 is 34.2 Å². The van der Waals surface area contributed by atoms with Crippen LogP contribution in [0.4, 0.5) is 10.9 Å². The highest BCUT2D eigenvalue weighted by molar-refractivity contribution is 7.13. The third kappa shape index (κ3) is 4.65. The second-order valence-corrected chi connectivity index (χ2v) is 5.43. The maximum absolute atomic E-state index is 12.0. The van der Waals surface area contributed by atoms with Gasteiger partial charge >= 0.3 is 5.97 Å². The molecule has 1 atom stereocenters. The number of carbonyl (C=O) groups excluding carboxylic acids is 2. The average Bonchev–Trinajstić information content (AvgIpc) is 3.14. The average molecular weight is 336 g/mol. The Labute approximate surface area is 136 Å². The molecule has 2 rings (SSSR count). The molecular weight excluding hydrogens is 320 g/mol. The van der Waals surface area contributed by atoms with Gasteiger partial charge in [-0.2, -0.15) is 0 Å². The molecule has 0 spiro atoms. The minimum absolute atomic E-state index is 0.137. The summed E-state index contributed by atoms with van der Waals surface area (Å²) in [4.78, 5) is 28.0. The molecule has 0 fully saturated rings. The number of carbonyl (C=O) groups is 2. The molecule has 1 amide bonds. The Morgan fingerprint density at radius 1 is 1.57 bits per heavy atom. The minimum atomic E-state index is -0.995. The first-order chi connectivity index (χ1) is 11.0. The summed E-state index contributed by atoms with van der Waals surface area (Å²) in [5.41, 5.74) is 0.137. The number of esters is 1. The summed E-state index contributed by atoms with van der Waals surface area (Å²) in [6.07, 6.45) is 0.683. The fourth-order valence-corrected chi connectivity index (χ4v) is 2.23. The Balaban J connectivity index is 1.89. The van der Waals surface area contributed by atoms with E-state index < -0.39 is 18.0 Å². The van der Waals surface area contributed by atoms with Crippen LogP contribution in [0.2, 0.25) is 0 Å². The van der Waals surface area contributed by atoms with Crippen LogP contribution < -0.4 is 10.6 Å². The van der Waals surface area contributed by atoms with Gasteiger partial charge in [-0.3, -0.25) is 4.79 Å². The summed E-state index contributed by atoms with van der Waals surface area (Å²) in [6, 6.07) is 1.56. The lowest BCUT2D eigenvalue weighted by Gasteiger charge is -2.11. The number of amides is 1. The van der Waals surface area contributed by atoms with Gasteiger partial charge in [0.05, 0.1) is 0 Å². The first kappa shape index (κ1) is 16.7. The summed E-state index contributed by atoms with van der Waals surface area (Å²) in [6.45, 7) is 7.28. The van der Waals surface area contributed by atoms with E-state index in [0.717, 1.165) is 0 Å². The topological polar surface area (TPSA) is 106 Å². The number of ether oxygens (including phenoxy) is 1. The number of aryl methyl sites for hydroxylation is 1. The normalized spacial score (nSPS) is 11.6. The zero-order chi connectivity index (χ0) is 16.8. The summed E-state index contributed by atoms with van der Waals surface area (Å²) in [5.74, 6) is -0.356. The van der Waals surface area contributed by atoms with Crippen molar-refractivity contribution < 1.29 is 18.8 Å². The van der Waals surface area contributed by atoms with Crippen LogP contribution in [-0.4, -0.2) is 34.7 Å². The number of hydrogen-bond acceptors (Lipinski definition) is 8. The zero-order valence-electron chi connectivity index (χ0n) is 12.7. The molecule has 0 aliphatic rings. The number of hydrogen-bond donors (Lipinski definition) is 2. The molecule has 0 aromatic carbocycles. The highest BCUT2D eigenvalue weighted by Crippen LogP contribution is 2.16. The molecule has 0 saturated carbocycles. The fourth-order valence-electron chi connectivity index (χ4n) is 1.54. The molecule has 2 heterocycles. The fraction of sp³-hybridized carbons (Fsp3) is 0.286. The Morgan fingerprint density at radius 2 is 2.35 bits per heavy atom. The second-order valence-electron chi connectivity index (χ2n) is 4.57. The molecular formula is C14H16N4O4S. The number of anilines is 2. The molecule has 0 radical (unpaired) electrons. The first-order valence-corrected chi connectivity index (χ1v) is 7.63. The van der Waals surface area contributed by atoms with E-state index in [2.05, 4.69) is 27.4 Å². The van der Waals surface area contributed by atoms with Crippen molar-refractivity contribution in [3.63, 3.8) is 0 Å². The minimum Gasteiger partial charge on any atom is -0.448 e. The Hall–Kier alpha value is -2.68. The van der Waals surface area contributed by atoms with Crippen molar-refractivity contribution in [2.75, 3.05) is 17.2 Å². The molecule has 8 nitrogen and oxygen atoms in total. The van der Waals surface area contributed by atoms with Crippen LogP contribution in [0, 0.1) is 6.92 Å². The maximum Gasteiger partial charge on any atom is 0.358 e. The molecule has 0 unspecified atom stereocenters. The molecule has 0 bridgehead atoms. The van der Waals surface area contributed by atoms with Gasteiger partial charge in [0.25, 0.3) is 5.91 Å². The third-order valence-electron chi connectivity index (χ3n) is 2.64. The van der Waals surface area contributed by atoms with Gasteiger partial charge in [0.1, 0.15) is 5.76 Å². The summed E-state index contributed by atoms with van der Waals surface area (Å²) >= 11 is 1.26. The van der Waals surface area contributed by atoms with Crippen LogP contribution in [0.15, 0.2) is 28.6 Å². The lowest BCUT2D eigenvalue weighted by molar-refractivity contribution is -0.123. The van der Waals surface area contributed by atoms with E-state index in [-0.39, 0.29) is 11.5 Å². The van der Waals surface area contributed by atoms with Crippen LogP contribution >= 0.6 is 11.3 Å². The van der Waals surface area contributed by atoms with E-state index in [1.807, 2.05) is 0 Å². The van der Waals surface area contributed by atoms with Crippen LogP contribution in [0.1, 0.15) is 23.2 Å². The van der Waals surface area contributed by atoms with Gasteiger partial charge in [-0.1, -0.05) is 11.2 Å². The van der Waals surface area contributed by atoms with Crippen LogP contribution in [0.3, 0.4) is 0 Å². The van der Waals surface area contributed by atoms with E-state index in [1.165, 1.54) is 18.3 Å². The van der Waals surface area contributed by atoms with Crippen molar-refractivity contribution in [3.05, 3.63) is 35.6 Å². The smallest absolute Gasteiger partial charge is 0.358 e. The molecule has 2 N–H and O–H groups in total. The lowest BCUT2D eigenvalue weighted by atomic mass is 10.3. The monoisotopic (exact) mass is 336 g/mol. The van der Waals surface area contributed by atoms with E-state index in [0.29, 0.717) is 17.4 Å². The van der Waals surface area contributed by atoms with E-state index >= 15 is 0 Å². The summed E-state index contributed by atoms with van der Waals surface area (Å²) < 4.78 is 9.92. The maximum atomic E-state index is 12.0. The Morgan fingerprint density at radius 3 is 3.00 bits per heavy atom. The number of rotatable bonds is 7. The Bertz CT molecular complexity index is 709. The molecule has 0 aliphatic carbocycles. The van der Waals surface area contributed by atoms with Crippen LogP contribution in [0.5, 0.6) is 0 Å². The van der Waals surface area contributed by atoms with Crippen molar-refractivity contribution in [1.29, 1.82) is 0 Å². The highest BCUT2D eigenvalue weighted by atomic mass is 32.1. The number of nitrogens with zero attached hydrogens (tertiary/aromatic N) is 2. The Kier molecular flexibility index (Phi) is 5.47. The van der Waals surface area contributed by atoms with Crippen LogP contribution in [0.25, 0.3) is 0 Å². The summed E-state index contributed by atoms with van der Waals surface area (Å²) in [5, 5.41) is 11.2. The number of thiazole rings is 1. The molecule has 9 heteroatoms. The van der Waals surface area contributed by atoms with E-state index in [4.69, 9.17) is 9.26 Å². The van der Waals surface area contributed by atoms with E-state index in [1.54, 1.807) is 24.4 Å². The number of aromatic nitrogens is 2. The molecule has 2 aromatic heterocycles.